The molecule has 5 rings (SSSR count). The van der Waals surface area contributed by atoms with Gasteiger partial charge in [0, 0.05) is 29.6 Å². The van der Waals surface area contributed by atoms with E-state index in [1.807, 2.05) is 30.3 Å². The van der Waals surface area contributed by atoms with Crippen LogP contribution < -0.4 is 0 Å². The second kappa shape index (κ2) is 6.87. The number of hydrogen-bond donors (Lipinski definition) is 0. The normalized spacial score (nSPS) is 24.4. The molecule has 0 radical (unpaired) electrons. The molecular weight excluding hydrogens is 374 g/mol. The summed E-state index contributed by atoms with van der Waals surface area (Å²) in [5, 5.41) is 10.8. The lowest BCUT2D eigenvalue weighted by Crippen LogP contribution is -2.50. The number of hydrogen-bond acceptors (Lipinski definition) is 4. The minimum Gasteiger partial charge on any atom is -0.379 e. The Balaban J connectivity index is 1.42. The second-order valence-corrected chi connectivity index (χ2v) is 8.83. The summed E-state index contributed by atoms with van der Waals surface area (Å²) in [6.07, 6.45) is 9.08. The Hall–Kier alpha value is -1.89. The monoisotopic (exact) mass is 399 g/mol. The molecule has 2 saturated heterocycles. The summed E-state index contributed by atoms with van der Waals surface area (Å²) in [5.41, 5.74) is 3.51. The number of piperidine rings is 1. The third-order valence-corrected chi connectivity index (χ3v) is 6.85. The van der Waals surface area contributed by atoms with Crippen LogP contribution in [0, 0.1) is 0 Å². The van der Waals surface area contributed by atoms with Crippen molar-refractivity contribution in [2.75, 3.05) is 26.3 Å². The van der Waals surface area contributed by atoms with Crippen molar-refractivity contribution in [2.24, 2.45) is 7.05 Å². The molecule has 148 valence electrons. The molecule has 7 heteroatoms. The van der Waals surface area contributed by atoms with E-state index in [0.717, 1.165) is 67.2 Å². The van der Waals surface area contributed by atoms with E-state index in [4.69, 9.17) is 16.3 Å². The summed E-state index contributed by atoms with van der Waals surface area (Å²) in [5.74, 6) is 0.483. The lowest BCUT2D eigenvalue weighted by Gasteiger charge is -2.42. The van der Waals surface area contributed by atoms with Crippen LogP contribution in [0.25, 0.3) is 16.6 Å². The molecule has 3 aromatic rings. The van der Waals surface area contributed by atoms with Crippen molar-refractivity contribution in [2.45, 2.75) is 37.6 Å². The van der Waals surface area contributed by atoms with Gasteiger partial charge in [-0.1, -0.05) is 11.6 Å². The van der Waals surface area contributed by atoms with Crippen LogP contribution in [-0.2, 0) is 11.8 Å². The zero-order valence-corrected chi connectivity index (χ0v) is 17.2. The first kappa shape index (κ1) is 18.2. The summed E-state index contributed by atoms with van der Waals surface area (Å²) in [7, 11) is 1.92. The van der Waals surface area contributed by atoms with Crippen molar-refractivity contribution in [3.8, 4) is 5.69 Å². The van der Waals surface area contributed by atoms with Crippen LogP contribution in [0.3, 0.4) is 0 Å². The highest BCUT2D eigenvalue weighted by Crippen LogP contribution is 2.38. The van der Waals surface area contributed by atoms with E-state index in [2.05, 4.69) is 34.2 Å². The van der Waals surface area contributed by atoms with E-state index < -0.39 is 0 Å². The third kappa shape index (κ3) is 3.04. The Morgan fingerprint density at radius 3 is 2.68 bits per heavy atom. The fourth-order valence-electron chi connectivity index (χ4n) is 4.73. The molecule has 2 aromatic heterocycles. The topological polar surface area (TPSA) is 48.1 Å². The predicted octanol–water partition coefficient (Wildman–Crippen LogP) is 3.77. The molecule has 2 aliphatic heterocycles. The van der Waals surface area contributed by atoms with Crippen LogP contribution in [0.2, 0.25) is 5.02 Å². The Labute approximate surface area is 170 Å². The highest BCUT2D eigenvalue weighted by molar-refractivity contribution is 6.32. The van der Waals surface area contributed by atoms with E-state index in [-0.39, 0.29) is 5.54 Å². The van der Waals surface area contributed by atoms with E-state index >= 15 is 0 Å². The van der Waals surface area contributed by atoms with Gasteiger partial charge >= 0.3 is 0 Å². The second-order valence-electron chi connectivity index (χ2n) is 8.42. The molecule has 0 bridgehead atoms. The fraction of sp³-hybridized carbons (Fsp3) is 0.524. The highest BCUT2D eigenvalue weighted by Gasteiger charge is 2.38. The van der Waals surface area contributed by atoms with Gasteiger partial charge in [-0.15, -0.1) is 0 Å². The molecule has 6 nitrogen and oxygen atoms in total. The van der Waals surface area contributed by atoms with Crippen LogP contribution in [-0.4, -0.2) is 56.3 Å². The first-order valence-electron chi connectivity index (χ1n) is 10.0. The molecular formula is C21H26ClN5O. The fourth-order valence-corrected chi connectivity index (χ4v) is 5.06. The number of likely N-dealkylation sites (tertiary alicyclic amines) is 1. The zero-order valence-electron chi connectivity index (χ0n) is 16.4. The van der Waals surface area contributed by atoms with Crippen molar-refractivity contribution in [3.05, 3.63) is 41.3 Å². The smallest absolute Gasteiger partial charge is 0.103 e. The molecule has 0 aliphatic carbocycles. The molecule has 28 heavy (non-hydrogen) atoms. The molecule has 2 fully saturated rings. The number of aromatic nitrogens is 4. The lowest BCUT2D eigenvalue weighted by atomic mass is 9.86. The van der Waals surface area contributed by atoms with E-state index in [1.165, 1.54) is 5.56 Å². The summed E-state index contributed by atoms with van der Waals surface area (Å²) < 4.78 is 9.41. The molecule has 2 aliphatic rings. The molecule has 0 N–H and O–H groups in total. The molecule has 4 heterocycles. The van der Waals surface area contributed by atoms with Gasteiger partial charge in [-0.3, -0.25) is 9.58 Å². The number of rotatable bonds is 3. The molecule has 0 spiro atoms. The van der Waals surface area contributed by atoms with Crippen molar-refractivity contribution >= 4 is 22.5 Å². The minimum absolute atomic E-state index is 0.206. The largest absolute Gasteiger partial charge is 0.379 e. The molecule has 1 aromatic carbocycles. The number of benzene rings is 1. The van der Waals surface area contributed by atoms with Crippen molar-refractivity contribution in [1.82, 2.24) is 24.5 Å². The number of ether oxygens (including phenoxy) is 1. The predicted molar refractivity (Wildman–Crippen MR) is 110 cm³/mol. The number of fused-ring (bicyclic) bond motifs is 1. The van der Waals surface area contributed by atoms with Gasteiger partial charge in [0.05, 0.1) is 30.7 Å². The van der Waals surface area contributed by atoms with Crippen molar-refractivity contribution < 1.29 is 4.74 Å². The summed E-state index contributed by atoms with van der Waals surface area (Å²) in [6.45, 7) is 6.28. The first-order chi connectivity index (χ1) is 13.5. The Kier molecular flexibility index (Phi) is 4.45. The van der Waals surface area contributed by atoms with Gasteiger partial charge in [-0.25, -0.2) is 4.68 Å². The average Bonchev–Trinajstić information content (AvgIpc) is 3.41. The van der Waals surface area contributed by atoms with E-state index in [9.17, 15) is 0 Å². The SMILES string of the molecule is Cn1cc(-n2ncc3cc(Cl)c(C4CCN([C@@]5(C)CCOC5)CC4)cc32)cn1. The maximum atomic E-state index is 6.70. The van der Waals surface area contributed by atoms with Gasteiger partial charge in [0.15, 0.2) is 0 Å². The van der Waals surface area contributed by atoms with Crippen molar-refractivity contribution in [3.63, 3.8) is 0 Å². The Bertz CT molecular complexity index is 996. The maximum absolute atomic E-state index is 6.70. The molecule has 0 amide bonds. The van der Waals surface area contributed by atoms with Crippen molar-refractivity contribution in [1.29, 1.82) is 0 Å². The average molecular weight is 400 g/mol. The van der Waals surface area contributed by atoms with Crippen LogP contribution in [0.5, 0.6) is 0 Å². The molecule has 0 saturated carbocycles. The number of halogens is 1. The van der Waals surface area contributed by atoms with Crippen LogP contribution in [0.4, 0.5) is 0 Å². The minimum atomic E-state index is 0.206. The van der Waals surface area contributed by atoms with Gasteiger partial charge in [0.2, 0.25) is 0 Å². The molecule has 1 atom stereocenters. The number of nitrogens with zero attached hydrogens (tertiary/aromatic N) is 5. The van der Waals surface area contributed by atoms with Crippen LogP contribution in [0.1, 0.15) is 37.7 Å². The van der Waals surface area contributed by atoms with Gasteiger partial charge < -0.3 is 4.74 Å². The van der Waals surface area contributed by atoms with Gasteiger partial charge in [-0.2, -0.15) is 10.2 Å². The Morgan fingerprint density at radius 2 is 2.00 bits per heavy atom. The summed E-state index contributed by atoms with van der Waals surface area (Å²) >= 11 is 6.70. The Morgan fingerprint density at radius 1 is 1.18 bits per heavy atom. The zero-order chi connectivity index (χ0) is 19.3. The quantitative estimate of drug-likeness (QED) is 0.672. The van der Waals surface area contributed by atoms with E-state index in [0.29, 0.717) is 5.92 Å². The van der Waals surface area contributed by atoms with Gasteiger partial charge in [0.1, 0.15) is 5.69 Å². The standard InChI is InChI=1S/C21H26ClN5O/c1-21(5-8-28-14-21)26-6-3-15(4-7-26)18-10-20-16(9-19(18)22)11-24-27(20)17-12-23-25(2)13-17/h9-13,15H,3-8,14H2,1-2H3/t21-/m0/s1. The van der Waals surface area contributed by atoms with Gasteiger partial charge in [0.25, 0.3) is 0 Å². The number of aryl methyl sites for hydroxylation is 1. The maximum Gasteiger partial charge on any atom is 0.103 e. The summed E-state index contributed by atoms with van der Waals surface area (Å²) in [6, 6.07) is 4.29. The molecule has 0 unspecified atom stereocenters. The van der Waals surface area contributed by atoms with Gasteiger partial charge in [-0.05, 0) is 62.9 Å². The lowest BCUT2D eigenvalue weighted by molar-refractivity contribution is 0.0582. The summed E-state index contributed by atoms with van der Waals surface area (Å²) in [4.78, 5) is 2.61. The van der Waals surface area contributed by atoms with Crippen LogP contribution in [0.15, 0.2) is 30.7 Å². The first-order valence-corrected chi connectivity index (χ1v) is 10.4. The van der Waals surface area contributed by atoms with Crippen LogP contribution >= 0.6 is 11.6 Å². The van der Waals surface area contributed by atoms with E-state index in [1.54, 1.807) is 4.68 Å². The third-order valence-electron chi connectivity index (χ3n) is 6.52. The highest BCUT2D eigenvalue weighted by atomic mass is 35.5.